The van der Waals surface area contributed by atoms with Gasteiger partial charge in [0, 0.05) is 35.5 Å². The molecule has 1 aliphatic carbocycles. The number of likely N-dealkylation sites (tertiary alicyclic amines) is 1. The number of piperidine rings is 1. The molecular weight excluding hydrogens is 490 g/mol. The second-order valence-corrected chi connectivity index (χ2v) is 10.7. The Labute approximate surface area is 222 Å². The largest absolute Gasteiger partial charge is 0.339 e. The predicted octanol–water partition coefficient (Wildman–Crippen LogP) is 4.46. The molecule has 5 rings (SSSR count). The Bertz CT molecular complexity index is 1130. The van der Waals surface area contributed by atoms with Gasteiger partial charge in [-0.25, -0.2) is 4.79 Å². The summed E-state index contributed by atoms with van der Waals surface area (Å²) in [5.41, 5.74) is 0.754. The van der Waals surface area contributed by atoms with Gasteiger partial charge in [0.05, 0.1) is 6.67 Å². The summed E-state index contributed by atoms with van der Waals surface area (Å²) in [7, 11) is 0. The maximum absolute atomic E-state index is 13.9. The summed E-state index contributed by atoms with van der Waals surface area (Å²) < 4.78 is 0. The third-order valence-electron chi connectivity index (χ3n) is 7.84. The molecule has 4 amide bonds. The van der Waals surface area contributed by atoms with Gasteiger partial charge in [-0.2, -0.15) is 0 Å². The first-order valence-electron chi connectivity index (χ1n) is 13.2. The molecule has 2 aliphatic heterocycles. The van der Waals surface area contributed by atoms with Crippen molar-refractivity contribution in [3.8, 4) is 0 Å². The zero-order valence-electron chi connectivity index (χ0n) is 21.0. The van der Waals surface area contributed by atoms with Crippen LogP contribution in [0.15, 0.2) is 54.6 Å². The number of nitrogens with one attached hydrogen (secondary N) is 2. The number of rotatable bonds is 5. The summed E-state index contributed by atoms with van der Waals surface area (Å²) in [5.74, 6) is -0.338. The second-order valence-electron chi connectivity index (χ2n) is 10.3. The number of para-hydroxylation sites is 1. The van der Waals surface area contributed by atoms with E-state index < -0.39 is 5.54 Å². The lowest BCUT2D eigenvalue weighted by Gasteiger charge is -2.43. The first-order chi connectivity index (χ1) is 17.9. The Balaban J connectivity index is 1.28. The van der Waals surface area contributed by atoms with Crippen LogP contribution in [0.25, 0.3) is 0 Å². The predicted molar refractivity (Wildman–Crippen MR) is 145 cm³/mol. The van der Waals surface area contributed by atoms with Crippen molar-refractivity contribution >= 4 is 40.8 Å². The number of nitrogens with zero attached hydrogens (tertiary/aromatic N) is 3. The summed E-state index contributed by atoms with van der Waals surface area (Å²) >= 11 is 6.04. The number of carbonyl (C=O) groups is 3. The molecule has 0 atom stereocenters. The Morgan fingerprint density at radius 3 is 2.41 bits per heavy atom. The summed E-state index contributed by atoms with van der Waals surface area (Å²) in [6.45, 7) is 1.26. The van der Waals surface area contributed by atoms with Gasteiger partial charge >= 0.3 is 6.03 Å². The molecule has 1 saturated carbocycles. The fourth-order valence-electron chi connectivity index (χ4n) is 5.86. The number of amides is 4. The fourth-order valence-corrected chi connectivity index (χ4v) is 6.05. The monoisotopic (exact) mass is 523 g/mol. The van der Waals surface area contributed by atoms with Crippen LogP contribution in [0.4, 0.5) is 16.2 Å². The van der Waals surface area contributed by atoms with Gasteiger partial charge in [0.25, 0.3) is 5.91 Å². The number of halogens is 1. The molecule has 0 aromatic heterocycles. The normalized spacial score (nSPS) is 19.8. The van der Waals surface area contributed by atoms with E-state index in [1.807, 2.05) is 35.2 Å². The van der Waals surface area contributed by atoms with Crippen LogP contribution in [-0.2, 0) is 9.59 Å². The van der Waals surface area contributed by atoms with E-state index in [0.717, 1.165) is 31.4 Å². The molecule has 37 heavy (non-hydrogen) atoms. The maximum atomic E-state index is 13.9. The summed E-state index contributed by atoms with van der Waals surface area (Å²) in [5, 5.41) is 6.57. The van der Waals surface area contributed by atoms with E-state index in [0.29, 0.717) is 43.3 Å². The molecular formula is C28H34ClN5O3. The quantitative estimate of drug-likeness (QED) is 0.606. The van der Waals surface area contributed by atoms with Crippen molar-refractivity contribution in [1.82, 2.24) is 15.1 Å². The van der Waals surface area contributed by atoms with Gasteiger partial charge in [-0.15, -0.1) is 0 Å². The van der Waals surface area contributed by atoms with Crippen molar-refractivity contribution < 1.29 is 14.4 Å². The van der Waals surface area contributed by atoms with Crippen molar-refractivity contribution in [3.05, 3.63) is 59.6 Å². The van der Waals surface area contributed by atoms with E-state index in [-0.39, 0.29) is 30.4 Å². The number of carbonyl (C=O) groups excluding carboxylic acids is 3. The molecule has 0 unspecified atom stereocenters. The van der Waals surface area contributed by atoms with Crippen molar-refractivity contribution in [2.75, 3.05) is 36.5 Å². The van der Waals surface area contributed by atoms with Crippen molar-refractivity contribution in [1.29, 1.82) is 0 Å². The van der Waals surface area contributed by atoms with Crippen LogP contribution in [0.1, 0.15) is 44.9 Å². The lowest BCUT2D eigenvalue weighted by atomic mass is 9.85. The van der Waals surface area contributed by atoms with Gasteiger partial charge < -0.3 is 25.3 Å². The van der Waals surface area contributed by atoms with Crippen molar-refractivity contribution in [3.63, 3.8) is 0 Å². The van der Waals surface area contributed by atoms with Crippen LogP contribution in [0.2, 0.25) is 5.02 Å². The van der Waals surface area contributed by atoms with E-state index in [4.69, 9.17) is 11.6 Å². The first-order valence-corrected chi connectivity index (χ1v) is 13.6. The summed E-state index contributed by atoms with van der Waals surface area (Å²) in [6.07, 6.45) is 6.68. The molecule has 3 aliphatic rings. The highest BCUT2D eigenvalue weighted by molar-refractivity contribution is 6.30. The van der Waals surface area contributed by atoms with Gasteiger partial charge in [0.15, 0.2) is 0 Å². The SMILES string of the molecule is O=C(CN1CN(c2ccccc2)C2(CCN(C(=O)NC3CCCCC3)CC2)C1=O)Nc1cccc(Cl)c1. The molecule has 8 nitrogen and oxygen atoms in total. The summed E-state index contributed by atoms with van der Waals surface area (Å²) in [6, 6.07) is 17.0. The van der Waals surface area contributed by atoms with Gasteiger partial charge in [-0.05, 0) is 56.0 Å². The van der Waals surface area contributed by atoms with E-state index in [9.17, 15) is 14.4 Å². The van der Waals surface area contributed by atoms with Crippen LogP contribution in [0.3, 0.4) is 0 Å². The molecule has 1 spiro atoms. The number of benzene rings is 2. The van der Waals surface area contributed by atoms with Gasteiger partial charge in [-0.3, -0.25) is 9.59 Å². The zero-order chi connectivity index (χ0) is 25.8. The number of anilines is 2. The smallest absolute Gasteiger partial charge is 0.317 e. The highest BCUT2D eigenvalue weighted by Gasteiger charge is 2.54. The molecule has 3 fully saturated rings. The zero-order valence-corrected chi connectivity index (χ0v) is 21.8. The van der Waals surface area contributed by atoms with Crippen LogP contribution in [0, 0.1) is 0 Å². The van der Waals surface area contributed by atoms with E-state index in [1.54, 1.807) is 29.2 Å². The molecule has 2 N–H and O–H groups in total. The minimum absolute atomic E-state index is 0.0313. The van der Waals surface area contributed by atoms with E-state index in [1.165, 1.54) is 6.42 Å². The lowest BCUT2D eigenvalue weighted by Crippen LogP contribution is -2.59. The fraction of sp³-hybridized carbons (Fsp3) is 0.464. The highest BCUT2D eigenvalue weighted by Crippen LogP contribution is 2.39. The first kappa shape index (κ1) is 25.4. The van der Waals surface area contributed by atoms with Crippen LogP contribution >= 0.6 is 11.6 Å². The molecule has 9 heteroatoms. The Morgan fingerprint density at radius 2 is 1.70 bits per heavy atom. The lowest BCUT2D eigenvalue weighted by molar-refractivity contribution is -0.136. The van der Waals surface area contributed by atoms with E-state index >= 15 is 0 Å². The van der Waals surface area contributed by atoms with Gasteiger partial charge in [0.2, 0.25) is 5.91 Å². The molecule has 2 aromatic carbocycles. The number of hydrogen-bond donors (Lipinski definition) is 2. The summed E-state index contributed by atoms with van der Waals surface area (Å²) in [4.78, 5) is 45.2. The minimum atomic E-state index is -0.778. The van der Waals surface area contributed by atoms with Crippen molar-refractivity contribution in [2.24, 2.45) is 0 Å². The molecule has 2 heterocycles. The Hall–Kier alpha value is -3.26. The highest BCUT2D eigenvalue weighted by atomic mass is 35.5. The molecule has 2 saturated heterocycles. The number of urea groups is 1. The van der Waals surface area contributed by atoms with Crippen molar-refractivity contribution in [2.45, 2.75) is 56.5 Å². The molecule has 0 bridgehead atoms. The number of hydrogen-bond acceptors (Lipinski definition) is 4. The third kappa shape index (κ3) is 5.54. The van der Waals surface area contributed by atoms with E-state index in [2.05, 4.69) is 15.5 Å². The minimum Gasteiger partial charge on any atom is -0.339 e. The van der Waals surface area contributed by atoms with Gasteiger partial charge in [-0.1, -0.05) is 55.1 Å². The molecule has 196 valence electrons. The molecule has 0 radical (unpaired) electrons. The Morgan fingerprint density at radius 1 is 0.973 bits per heavy atom. The third-order valence-corrected chi connectivity index (χ3v) is 8.07. The second kappa shape index (κ2) is 11.0. The van der Waals surface area contributed by atoms with Crippen LogP contribution in [-0.4, -0.2) is 65.5 Å². The Kier molecular flexibility index (Phi) is 7.55. The van der Waals surface area contributed by atoms with Gasteiger partial charge in [0.1, 0.15) is 12.1 Å². The van der Waals surface area contributed by atoms with Crippen LogP contribution in [0.5, 0.6) is 0 Å². The standard InChI is InChI=1S/C28H34ClN5O3/c29-21-8-7-11-23(18-21)30-25(35)19-33-20-34(24-12-5-2-6-13-24)28(26(33)36)14-16-32(17-15-28)27(37)31-22-9-3-1-4-10-22/h2,5-8,11-13,18,22H,1,3-4,9-10,14-17,19-20H2,(H,30,35)(H,31,37). The average molecular weight is 524 g/mol. The average Bonchev–Trinajstić information content (AvgIpc) is 3.16. The topological polar surface area (TPSA) is 85.0 Å². The maximum Gasteiger partial charge on any atom is 0.317 e. The van der Waals surface area contributed by atoms with Crippen LogP contribution < -0.4 is 15.5 Å². The molecule has 2 aromatic rings.